The first-order valence-corrected chi connectivity index (χ1v) is 9.29. The van der Waals surface area contributed by atoms with E-state index >= 15 is 0 Å². The van der Waals surface area contributed by atoms with E-state index in [9.17, 15) is 4.79 Å². The molecule has 0 radical (unpaired) electrons. The molecule has 142 valence electrons. The lowest BCUT2D eigenvalue weighted by molar-refractivity contribution is -0.113. The van der Waals surface area contributed by atoms with Crippen LogP contribution in [-0.2, 0) is 11.2 Å². The third-order valence-electron chi connectivity index (χ3n) is 4.94. The fourth-order valence-electron chi connectivity index (χ4n) is 3.47. The van der Waals surface area contributed by atoms with Crippen LogP contribution in [0.15, 0.2) is 59.8 Å². The van der Waals surface area contributed by atoms with E-state index in [0.29, 0.717) is 11.5 Å². The first kappa shape index (κ1) is 17.9. The molecule has 2 heterocycles. The van der Waals surface area contributed by atoms with Crippen molar-refractivity contribution in [3.8, 4) is 0 Å². The average molecular weight is 374 g/mol. The molecule has 1 aliphatic heterocycles. The van der Waals surface area contributed by atoms with Crippen molar-refractivity contribution >= 4 is 17.5 Å². The number of hydrogen-bond donors (Lipinski definition) is 2. The number of aromatic nitrogens is 4. The van der Waals surface area contributed by atoms with E-state index < -0.39 is 6.04 Å². The highest BCUT2D eigenvalue weighted by atomic mass is 16.1. The predicted octanol–water partition coefficient (Wildman–Crippen LogP) is 3.47. The summed E-state index contributed by atoms with van der Waals surface area (Å²) in [6.07, 6.45) is 0.957. The van der Waals surface area contributed by atoms with Crippen LogP contribution in [-0.4, -0.2) is 26.1 Å². The highest BCUT2D eigenvalue weighted by molar-refractivity contribution is 6.06. The van der Waals surface area contributed by atoms with Gasteiger partial charge in [0.05, 0.1) is 5.57 Å². The molecule has 1 aliphatic rings. The van der Waals surface area contributed by atoms with Gasteiger partial charge in [-0.05, 0) is 59.5 Å². The van der Waals surface area contributed by atoms with Crippen molar-refractivity contribution in [1.82, 2.24) is 20.2 Å². The van der Waals surface area contributed by atoms with Gasteiger partial charge in [-0.25, -0.2) is 0 Å². The van der Waals surface area contributed by atoms with Crippen LogP contribution in [0.4, 0.5) is 11.6 Å². The molecule has 0 bridgehead atoms. The van der Waals surface area contributed by atoms with Gasteiger partial charge in [0.1, 0.15) is 6.04 Å². The lowest BCUT2D eigenvalue weighted by atomic mass is 9.94. The minimum Gasteiger partial charge on any atom is -0.326 e. The number of fused-ring (bicyclic) bond motifs is 1. The predicted molar refractivity (Wildman–Crippen MR) is 108 cm³/mol. The van der Waals surface area contributed by atoms with Crippen LogP contribution in [0.25, 0.3) is 0 Å². The summed E-state index contributed by atoms with van der Waals surface area (Å²) in [5.74, 6) is 0.343. The van der Waals surface area contributed by atoms with Crippen molar-refractivity contribution < 1.29 is 4.79 Å². The highest BCUT2D eigenvalue weighted by Gasteiger charge is 2.34. The molecule has 2 aromatic carbocycles. The fourth-order valence-corrected chi connectivity index (χ4v) is 3.47. The molecule has 2 N–H and O–H groups in total. The summed E-state index contributed by atoms with van der Waals surface area (Å²) in [6.45, 7) is 5.98. The topological polar surface area (TPSA) is 84.7 Å². The fraction of sp³-hybridized carbons (Fsp3) is 0.238. The van der Waals surface area contributed by atoms with Crippen LogP contribution >= 0.6 is 0 Å². The van der Waals surface area contributed by atoms with E-state index in [-0.39, 0.29) is 5.91 Å². The zero-order chi connectivity index (χ0) is 19.7. The number of tetrazole rings is 1. The van der Waals surface area contributed by atoms with Crippen LogP contribution in [0.5, 0.6) is 0 Å². The van der Waals surface area contributed by atoms with E-state index in [1.165, 1.54) is 5.56 Å². The third kappa shape index (κ3) is 3.26. The summed E-state index contributed by atoms with van der Waals surface area (Å²) in [6, 6.07) is 15.6. The van der Waals surface area contributed by atoms with Gasteiger partial charge in [0.2, 0.25) is 5.95 Å². The van der Waals surface area contributed by atoms with Crippen LogP contribution in [0.1, 0.15) is 36.6 Å². The molecule has 0 saturated carbocycles. The molecule has 7 nitrogen and oxygen atoms in total. The second-order valence-corrected chi connectivity index (χ2v) is 6.93. The van der Waals surface area contributed by atoms with Gasteiger partial charge >= 0.3 is 0 Å². The second kappa shape index (κ2) is 7.26. The summed E-state index contributed by atoms with van der Waals surface area (Å²) >= 11 is 0. The Bertz CT molecular complexity index is 1050. The van der Waals surface area contributed by atoms with Crippen molar-refractivity contribution in [2.75, 3.05) is 10.6 Å². The Hall–Kier alpha value is -3.48. The lowest BCUT2D eigenvalue weighted by Crippen LogP contribution is -2.31. The van der Waals surface area contributed by atoms with Crippen molar-refractivity contribution in [2.45, 2.75) is 33.2 Å². The summed E-state index contributed by atoms with van der Waals surface area (Å²) in [5, 5.41) is 18.1. The minimum atomic E-state index is -0.401. The number of carbonyl (C=O) groups is 1. The molecular weight excluding hydrogens is 352 g/mol. The third-order valence-corrected chi connectivity index (χ3v) is 4.94. The number of allylic oxidation sites excluding steroid dienone is 1. The van der Waals surface area contributed by atoms with Gasteiger partial charge in [-0.1, -0.05) is 48.4 Å². The Morgan fingerprint density at radius 2 is 1.96 bits per heavy atom. The largest absolute Gasteiger partial charge is 0.326 e. The minimum absolute atomic E-state index is 0.179. The number of nitrogens with zero attached hydrogens (tertiary/aromatic N) is 4. The van der Waals surface area contributed by atoms with Gasteiger partial charge in [-0.3, -0.25) is 4.79 Å². The number of aryl methyl sites for hydroxylation is 2. The van der Waals surface area contributed by atoms with Crippen molar-refractivity contribution in [3.63, 3.8) is 0 Å². The Labute approximate surface area is 163 Å². The second-order valence-electron chi connectivity index (χ2n) is 6.93. The number of anilines is 2. The number of rotatable bonds is 4. The number of benzene rings is 2. The van der Waals surface area contributed by atoms with Gasteiger partial charge in [0, 0.05) is 11.4 Å². The maximum atomic E-state index is 13.2. The van der Waals surface area contributed by atoms with Gasteiger partial charge < -0.3 is 10.6 Å². The monoisotopic (exact) mass is 374 g/mol. The van der Waals surface area contributed by atoms with Crippen LogP contribution in [0, 0.1) is 6.92 Å². The summed E-state index contributed by atoms with van der Waals surface area (Å²) < 4.78 is 1.65. The normalized spacial score (nSPS) is 15.8. The van der Waals surface area contributed by atoms with E-state index in [4.69, 9.17) is 0 Å². The molecule has 0 fully saturated rings. The van der Waals surface area contributed by atoms with Gasteiger partial charge in [0.25, 0.3) is 5.91 Å². The standard InChI is InChI=1S/C21H22N6O/c1-4-15-8-10-16(11-9-15)19-18(14(3)22-21-24-25-26-27(19)21)20(28)23-17-7-5-6-13(2)12-17/h5-12,19H,4H2,1-3H3,(H,23,28)(H,22,24,26). The van der Waals surface area contributed by atoms with Crippen molar-refractivity contribution in [2.24, 2.45) is 0 Å². The Balaban J connectivity index is 1.74. The van der Waals surface area contributed by atoms with E-state index in [0.717, 1.165) is 28.9 Å². The molecule has 0 aliphatic carbocycles. The van der Waals surface area contributed by atoms with Gasteiger partial charge in [-0.15, -0.1) is 0 Å². The van der Waals surface area contributed by atoms with Crippen molar-refractivity contribution in [3.05, 3.63) is 76.5 Å². The molecule has 4 rings (SSSR count). The molecular formula is C21H22N6O. The molecule has 28 heavy (non-hydrogen) atoms. The van der Waals surface area contributed by atoms with E-state index in [1.807, 2.05) is 50.2 Å². The molecule has 1 aromatic heterocycles. The number of nitrogens with one attached hydrogen (secondary N) is 2. The van der Waals surface area contributed by atoms with E-state index in [2.05, 4.69) is 45.2 Å². The van der Waals surface area contributed by atoms with E-state index in [1.54, 1.807) is 4.68 Å². The quantitative estimate of drug-likeness (QED) is 0.730. The first-order valence-electron chi connectivity index (χ1n) is 9.29. The first-order chi connectivity index (χ1) is 13.6. The Morgan fingerprint density at radius 1 is 1.18 bits per heavy atom. The molecule has 3 aromatic rings. The van der Waals surface area contributed by atoms with Crippen LogP contribution in [0.3, 0.4) is 0 Å². The summed E-state index contributed by atoms with van der Waals surface area (Å²) in [5.41, 5.74) is 5.36. The average Bonchev–Trinajstić information content (AvgIpc) is 3.15. The molecule has 0 spiro atoms. The zero-order valence-corrected chi connectivity index (χ0v) is 16.1. The SMILES string of the molecule is CCc1ccc(C2C(C(=O)Nc3cccc(C)c3)=C(C)Nc3nnnn32)cc1. The van der Waals surface area contributed by atoms with Gasteiger partial charge in [-0.2, -0.15) is 4.68 Å². The maximum Gasteiger partial charge on any atom is 0.255 e. The van der Waals surface area contributed by atoms with Crippen LogP contribution in [0.2, 0.25) is 0 Å². The summed E-state index contributed by atoms with van der Waals surface area (Å²) in [7, 11) is 0. The maximum absolute atomic E-state index is 13.2. The molecule has 1 atom stereocenters. The Morgan fingerprint density at radius 3 is 2.68 bits per heavy atom. The van der Waals surface area contributed by atoms with Gasteiger partial charge in [0.15, 0.2) is 0 Å². The highest BCUT2D eigenvalue weighted by Crippen LogP contribution is 2.35. The number of carbonyl (C=O) groups excluding carboxylic acids is 1. The van der Waals surface area contributed by atoms with Crippen LogP contribution < -0.4 is 10.6 Å². The smallest absolute Gasteiger partial charge is 0.255 e. The molecule has 7 heteroatoms. The molecule has 1 amide bonds. The number of amides is 1. The molecule has 1 unspecified atom stereocenters. The number of hydrogen-bond acceptors (Lipinski definition) is 5. The molecule has 0 saturated heterocycles. The zero-order valence-electron chi connectivity index (χ0n) is 16.1. The summed E-state index contributed by atoms with van der Waals surface area (Å²) in [4.78, 5) is 13.2. The Kier molecular flexibility index (Phi) is 4.65. The van der Waals surface area contributed by atoms with Crippen molar-refractivity contribution in [1.29, 1.82) is 0 Å². The lowest BCUT2D eigenvalue weighted by Gasteiger charge is -2.28.